The van der Waals surface area contributed by atoms with Gasteiger partial charge in [-0.25, -0.2) is 0 Å². The normalized spacial score (nSPS) is 10.2. The number of hydrogen-bond donors (Lipinski definition) is 1. The fourth-order valence-electron chi connectivity index (χ4n) is 2.55. The molecule has 0 atom stereocenters. The summed E-state index contributed by atoms with van der Waals surface area (Å²) in [5.41, 5.74) is 2.14. The zero-order valence-electron chi connectivity index (χ0n) is 15.3. The van der Waals surface area contributed by atoms with Crippen molar-refractivity contribution in [2.75, 3.05) is 27.2 Å². The highest BCUT2D eigenvalue weighted by atomic mass is 16.5. The molecule has 1 heterocycles. The molecule has 0 unspecified atom stereocenters. The lowest BCUT2D eigenvalue weighted by molar-refractivity contribution is -0.135. The molecule has 0 aliphatic rings. The minimum atomic E-state index is -0.263. The zero-order chi connectivity index (χ0) is 18.8. The molecule has 1 aromatic carbocycles. The Hall–Kier alpha value is -2.89. The molecule has 0 fully saturated rings. The topological polar surface area (TPSA) is 71.5 Å². The quantitative estimate of drug-likeness (QED) is 0.697. The second-order valence-corrected chi connectivity index (χ2v) is 6.01. The van der Waals surface area contributed by atoms with Crippen molar-refractivity contribution in [1.29, 1.82) is 0 Å². The van der Waals surface area contributed by atoms with Gasteiger partial charge in [0.2, 0.25) is 11.8 Å². The van der Waals surface area contributed by atoms with E-state index in [0.29, 0.717) is 19.5 Å². The van der Waals surface area contributed by atoms with E-state index in [2.05, 4.69) is 10.3 Å². The molecule has 0 bridgehead atoms. The van der Waals surface area contributed by atoms with Crippen LogP contribution >= 0.6 is 0 Å². The molecule has 0 radical (unpaired) electrons. The summed E-state index contributed by atoms with van der Waals surface area (Å²) < 4.78 is 5.28. The predicted octanol–water partition coefficient (Wildman–Crippen LogP) is 1.84. The number of amides is 2. The maximum absolute atomic E-state index is 12.1. The summed E-state index contributed by atoms with van der Waals surface area (Å²) in [4.78, 5) is 29.7. The van der Waals surface area contributed by atoms with Crippen LogP contribution in [0.15, 0.2) is 48.8 Å². The number of pyridine rings is 1. The fraction of sp³-hybridized carbons (Fsp3) is 0.350. The monoisotopic (exact) mass is 355 g/mol. The molecule has 2 amide bonds. The van der Waals surface area contributed by atoms with Crippen LogP contribution in [0.5, 0.6) is 5.75 Å². The maximum Gasteiger partial charge on any atom is 0.231 e. The molecule has 6 heteroatoms. The molecule has 2 rings (SSSR count). The summed E-state index contributed by atoms with van der Waals surface area (Å²) in [7, 11) is 3.34. The number of ether oxygens (including phenoxy) is 1. The van der Waals surface area contributed by atoms with Crippen molar-refractivity contribution in [3.05, 3.63) is 59.9 Å². The van der Waals surface area contributed by atoms with Crippen molar-refractivity contribution in [3.63, 3.8) is 0 Å². The van der Waals surface area contributed by atoms with Crippen molar-refractivity contribution in [2.45, 2.75) is 19.3 Å². The average Bonchev–Trinajstić information content (AvgIpc) is 2.67. The predicted molar refractivity (Wildman–Crippen MR) is 99.9 cm³/mol. The molecule has 0 saturated carbocycles. The zero-order valence-corrected chi connectivity index (χ0v) is 15.3. The van der Waals surface area contributed by atoms with E-state index in [1.165, 1.54) is 0 Å². The van der Waals surface area contributed by atoms with Crippen LogP contribution in [0.3, 0.4) is 0 Å². The van der Waals surface area contributed by atoms with Gasteiger partial charge in [-0.15, -0.1) is 0 Å². The third-order valence-corrected chi connectivity index (χ3v) is 4.13. The van der Waals surface area contributed by atoms with E-state index in [1.54, 1.807) is 31.5 Å². The van der Waals surface area contributed by atoms with E-state index in [1.807, 2.05) is 36.4 Å². The van der Waals surface area contributed by atoms with E-state index < -0.39 is 0 Å². The first-order valence-electron chi connectivity index (χ1n) is 8.61. The molecule has 0 saturated heterocycles. The Balaban J connectivity index is 1.70. The SMILES string of the molecule is COc1ccccc1CCNC(=O)CC(=O)N(C)CCc1ccncc1. The molecular formula is C20H25N3O3. The van der Waals surface area contributed by atoms with Gasteiger partial charge in [0.15, 0.2) is 0 Å². The van der Waals surface area contributed by atoms with Crippen LogP contribution < -0.4 is 10.1 Å². The van der Waals surface area contributed by atoms with Crippen LogP contribution in [0.2, 0.25) is 0 Å². The highest BCUT2D eigenvalue weighted by Gasteiger charge is 2.14. The first-order chi connectivity index (χ1) is 12.6. The van der Waals surface area contributed by atoms with Crippen LogP contribution in [-0.4, -0.2) is 48.9 Å². The Morgan fingerprint density at radius 1 is 1.12 bits per heavy atom. The van der Waals surface area contributed by atoms with Gasteiger partial charge in [-0.1, -0.05) is 18.2 Å². The molecule has 0 aliphatic heterocycles. The number of benzene rings is 1. The van der Waals surface area contributed by atoms with Gasteiger partial charge in [0, 0.05) is 32.5 Å². The Morgan fingerprint density at radius 2 is 1.85 bits per heavy atom. The Kier molecular flexibility index (Phi) is 7.61. The highest BCUT2D eigenvalue weighted by molar-refractivity contribution is 5.96. The summed E-state index contributed by atoms with van der Waals surface area (Å²) in [5, 5.41) is 2.79. The number of para-hydroxylation sites is 1. The molecule has 26 heavy (non-hydrogen) atoms. The molecule has 6 nitrogen and oxygen atoms in total. The number of carbonyl (C=O) groups is 2. The van der Waals surface area contributed by atoms with Gasteiger partial charge in [0.05, 0.1) is 7.11 Å². The standard InChI is InChI=1S/C20H25N3O3/c1-23(14-10-16-7-11-21-12-8-16)20(25)15-19(24)22-13-9-17-5-3-4-6-18(17)26-2/h3-8,11-12H,9-10,13-15H2,1-2H3,(H,22,24). The van der Waals surface area contributed by atoms with Crippen molar-refractivity contribution in [1.82, 2.24) is 15.2 Å². The minimum Gasteiger partial charge on any atom is -0.496 e. The van der Waals surface area contributed by atoms with Gasteiger partial charge >= 0.3 is 0 Å². The summed E-state index contributed by atoms with van der Waals surface area (Å²) >= 11 is 0. The van der Waals surface area contributed by atoms with E-state index in [9.17, 15) is 9.59 Å². The third-order valence-electron chi connectivity index (χ3n) is 4.13. The van der Waals surface area contributed by atoms with E-state index in [-0.39, 0.29) is 18.2 Å². The van der Waals surface area contributed by atoms with Crippen molar-refractivity contribution >= 4 is 11.8 Å². The number of aromatic nitrogens is 1. The molecule has 1 aromatic heterocycles. The van der Waals surface area contributed by atoms with E-state index in [0.717, 1.165) is 23.3 Å². The first-order valence-corrected chi connectivity index (χ1v) is 8.61. The van der Waals surface area contributed by atoms with E-state index >= 15 is 0 Å². The van der Waals surface area contributed by atoms with Crippen molar-refractivity contribution < 1.29 is 14.3 Å². The first kappa shape index (κ1) is 19.4. The summed E-state index contributed by atoms with van der Waals surface area (Å²) in [6.45, 7) is 1.03. The largest absolute Gasteiger partial charge is 0.496 e. The van der Waals surface area contributed by atoms with Gasteiger partial charge < -0.3 is 15.0 Å². The molecule has 1 N–H and O–H groups in total. The lowest BCUT2D eigenvalue weighted by atomic mass is 10.1. The van der Waals surface area contributed by atoms with Gasteiger partial charge in [-0.2, -0.15) is 0 Å². The van der Waals surface area contributed by atoms with Gasteiger partial charge in [-0.05, 0) is 42.2 Å². The maximum atomic E-state index is 12.1. The summed E-state index contributed by atoms with van der Waals surface area (Å²) in [6, 6.07) is 11.5. The lowest BCUT2D eigenvalue weighted by Crippen LogP contribution is -2.35. The number of nitrogens with zero attached hydrogens (tertiary/aromatic N) is 2. The highest BCUT2D eigenvalue weighted by Crippen LogP contribution is 2.17. The molecular weight excluding hydrogens is 330 g/mol. The number of likely N-dealkylation sites (N-methyl/N-ethyl adjacent to an activating group) is 1. The summed E-state index contributed by atoms with van der Waals surface area (Å²) in [5.74, 6) is 0.350. The number of methoxy groups -OCH3 is 1. The van der Waals surface area contributed by atoms with E-state index in [4.69, 9.17) is 4.74 Å². The lowest BCUT2D eigenvalue weighted by Gasteiger charge is -2.17. The molecule has 0 spiro atoms. The van der Waals surface area contributed by atoms with Gasteiger partial charge in [0.25, 0.3) is 0 Å². The van der Waals surface area contributed by atoms with Crippen LogP contribution in [0.1, 0.15) is 17.5 Å². The third kappa shape index (κ3) is 6.20. The molecule has 0 aliphatic carbocycles. The Labute approximate surface area is 154 Å². The number of rotatable bonds is 9. The minimum absolute atomic E-state index is 0.140. The van der Waals surface area contributed by atoms with Crippen LogP contribution in [0.4, 0.5) is 0 Å². The second kappa shape index (κ2) is 10.2. The second-order valence-electron chi connectivity index (χ2n) is 6.01. The van der Waals surface area contributed by atoms with Crippen molar-refractivity contribution in [3.8, 4) is 5.75 Å². The van der Waals surface area contributed by atoms with Crippen LogP contribution in [0, 0.1) is 0 Å². The van der Waals surface area contributed by atoms with Gasteiger partial charge in [-0.3, -0.25) is 14.6 Å². The Morgan fingerprint density at radius 3 is 2.58 bits per heavy atom. The van der Waals surface area contributed by atoms with Crippen LogP contribution in [0.25, 0.3) is 0 Å². The number of nitrogens with one attached hydrogen (secondary N) is 1. The van der Waals surface area contributed by atoms with Gasteiger partial charge in [0.1, 0.15) is 12.2 Å². The molecule has 2 aromatic rings. The fourth-order valence-corrected chi connectivity index (χ4v) is 2.55. The van der Waals surface area contributed by atoms with Crippen molar-refractivity contribution in [2.24, 2.45) is 0 Å². The molecule has 138 valence electrons. The van der Waals surface area contributed by atoms with Crippen LogP contribution in [-0.2, 0) is 22.4 Å². The number of hydrogen-bond acceptors (Lipinski definition) is 4. The number of carbonyl (C=O) groups excluding carboxylic acids is 2. The Bertz CT molecular complexity index is 719. The summed E-state index contributed by atoms with van der Waals surface area (Å²) in [6.07, 6.45) is 4.71. The smallest absolute Gasteiger partial charge is 0.231 e. The average molecular weight is 355 g/mol.